The van der Waals surface area contributed by atoms with E-state index in [4.69, 9.17) is 14.5 Å². The van der Waals surface area contributed by atoms with Crippen molar-refractivity contribution in [3.8, 4) is 5.75 Å². The Morgan fingerprint density at radius 2 is 1.79 bits per heavy atom. The highest BCUT2D eigenvalue weighted by Gasteiger charge is 2.35. The predicted octanol–water partition coefficient (Wildman–Crippen LogP) is 3.46. The summed E-state index contributed by atoms with van der Waals surface area (Å²) < 4.78 is 39.5. The molecular formula is C27H34N4O5S2. The SMILES string of the molecule is COc1ccc(S(=O)(=O)N2CCC(C(=O)N(CCCN3CCOCC3)c3nc4ccccc4s3)CC2)cc1. The molecule has 5 rings (SSSR count). The second-order valence-electron chi connectivity index (χ2n) is 9.62. The van der Waals surface area contributed by atoms with Crippen LogP contribution >= 0.6 is 11.3 Å². The number of carbonyl (C=O) groups is 1. The van der Waals surface area contributed by atoms with Crippen molar-refractivity contribution in [2.24, 2.45) is 5.92 Å². The Morgan fingerprint density at radius 3 is 2.47 bits per heavy atom. The standard InChI is InChI=1S/C27H34N4O5S2/c1-35-22-7-9-23(10-8-22)38(33,34)30-15-11-21(12-16-30)26(32)31(14-4-13-29-17-19-36-20-18-29)27-28-24-5-2-3-6-25(24)37-27/h2-3,5-10,21H,4,11-20H2,1H3. The molecule has 2 aliphatic rings. The van der Waals surface area contributed by atoms with E-state index in [1.54, 1.807) is 31.4 Å². The number of rotatable bonds is 9. The van der Waals surface area contributed by atoms with Crippen LogP contribution in [0.25, 0.3) is 10.2 Å². The summed E-state index contributed by atoms with van der Waals surface area (Å²) in [5.41, 5.74) is 0.888. The molecule has 0 aliphatic carbocycles. The summed E-state index contributed by atoms with van der Waals surface area (Å²) in [6.07, 6.45) is 1.81. The smallest absolute Gasteiger partial charge is 0.243 e. The number of methoxy groups -OCH3 is 1. The molecule has 0 atom stereocenters. The Balaban J connectivity index is 1.27. The maximum atomic E-state index is 13.8. The van der Waals surface area contributed by atoms with E-state index in [2.05, 4.69) is 4.90 Å². The molecule has 3 heterocycles. The highest BCUT2D eigenvalue weighted by molar-refractivity contribution is 7.89. The molecule has 0 radical (unpaired) electrons. The van der Waals surface area contributed by atoms with Crippen LogP contribution in [-0.4, -0.2) is 88.1 Å². The van der Waals surface area contributed by atoms with Crippen molar-refractivity contribution in [3.63, 3.8) is 0 Å². The number of fused-ring (bicyclic) bond motifs is 1. The lowest BCUT2D eigenvalue weighted by atomic mass is 9.96. The van der Waals surface area contributed by atoms with Crippen LogP contribution in [0.3, 0.4) is 0 Å². The number of hydrogen-bond acceptors (Lipinski definition) is 8. The summed E-state index contributed by atoms with van der Waals surface area (Å²) in [6.45, 7) is 5.43. The maximum Gasteiger partial charge on any atom is 0.243 e. The number of amides is 1. The molecular weight excluding hydrogens is 524 g/mol. The minimum atomic E-state index is -3.63. The first-order valence-electron chi connectivity index (χ1n) is 13.1. The topological polar surface area (TPSA) is 92.3 Å². The van der Waals surface area contributed by atoms with Crippen LogP contribution in [0.2, 0.25) is 0 Å². The first-order chi connectivity index (χ1) is 18.5. The van der Waals surface area contributed by atoms with Gasteiger partial charge in [-0.05, 0) is 55.7 Å². The van der Waals surface area contributed by atoms with E-state index in [1.807, 2.05) is 29.2 Å². The van der Waals surface area contributed by atoms with Crippen LogP contribution in [-0.2, 0) is 19.6 Å². The predicted molar refractivity (Wildman–Crippen MR) is 148 cm³/mol. The highest BCUT2D eigenvalue weighted by atomic mass is 32.2. The van der Waals surface area contributed by atoms with Gasteiger partial charge in [0.05, 0.1) is 35.4 Å². The van der Waals surface area contributed by atoms with Gasteiger partial charge in [-0.3, -0.25) is 14.6 Å². The fourth-order valence-corrected chi connectivity index (χ4v) is 7.48. The van der Waals surface area contributed by atoms with Gasteiger partial charge in [0.25, 0.3) is 0 Å². The number of para-hydroxylation sites is 1. The van der Waals surface area contributed by atoms with Crippen molar-refractivity contribution in [1.29, 1.82) is 0 Å². The number of aromatic nitrogens is 1. The average Bonchev–Trinajstić information content (AvgIpc) is 3.39. The molecule has 204 valence electrons. The minimum absolute atomic E-state index is 0.0347. The van der Waals surface area contributed by atoms with Crippen molar-refractivity contribution < 1.29 is 22.7 Å². The number of morpholine rings is 1. The molecule has 0 bridgehead atoms. The third kappa shape index (κ3) is 6.02. The molecule has 38 heavy (non-hydrogen) atoms. The van der Waals surface area contributed by atoms with E-state index in [9.17, 15) is 13.2 Å². The number of piperidine rings is 1. The number of hydrogen-bond donors (Lipinski definition) is 0. The zero-order valence-corrected chi connectivity index (χ0v) is 23.3. The third-order valence-electron chi connectivity index (χ3n) is 7.24. The Kier molecular flexibility index (Phi) is 8.59. The molecule has 0 unspecified atom stereocenters. The largest absolute Gasteiger partial charge is 0.497 e. The van der Waals surface area contributed by atoms with Gasteiger partial charge >= 0.3 is 0 Å². The maximum absolute atomic E-state index is 13.8. The molecule has 2 aliphatic heterocycles. The Labute approximate surface area is 228 Å². The van der Waals surface area contributed by atoms with E-state index < -0.39 is 10.0 Å². The fraction of sp³-hybridized carbons (Fsp3) is 0.481. The molecule has 2 aromatic carbocycles. The van der Waals surface area contributed by atoms with Gasteiger partial charge in [0.2, 0.25) is 15.9 Å². The summed E-state index contributed by atoms with van der Waals surface area (Å²) in [7, 11) is -2.08. The molecule has 1 amide bonds. The van der Waals surface area contributed by atoms with Crippen LogP contribution in [0.15, 0.2) is 53.4 Å². The lowest BCUT2D eigenvalue weighted by molar-refractivity contribution is -0.123. The van der Waals surface area contributed by atoms with Gasteiger partial charge in [0.15, 0.2) is 5.13 Å². The Morgan fingerprint density at radius 1 is 1.08 bits per heavy atom. The van der Waals surface area contributed by atoms with Gasteiger partial charge in [-0.15, -0.1) is 0 Å². The van der Waals surface area contributed by atoms with Crippen LogP contribution in [0.1, 0.15) is 19.3 Å². The van der Waals surface area contributed by atoms with Crippen molar-refractivity contribution in [3.05, 3.63) is 48.5 Å². The van der Waals surface area contributed by atoms with Gasteiger partial charge in [0.1, 0.15) is 5.75 Å². The molecule has 1 aromatic heterocycles. The van der Waals surface area contributed by atoms with Crippen LogP contribution in [0.4, 0.5) is 5.13 Å². The molecule has 2 fully saturated rings. The monoisotopic (exact) mass is 558 g/mol. The van der Waals surface area contributed by atoms with Crippen molar-refractivity contribution in [1.82, 2.24) is 14.2 Å². The molecule has 9 nitrogen and oxygen atoms in total. The number of carbonyl (C=O) groups excluding carboxylic acids is 1. The first-order valence-corrected chi connectivity index (χ1v) is 15.3. The summed E-state index contributed by atoms with van der Waals surface area (Å²) in [5.74, 6) is 0.400. The van der Waals surface area contributed by atoms with E-state index in [0.717, 1.165) is 49.5 Å². The number of anilines is 1. The molecule has 3 aromatic rings. The minimum Gasteiger partial charge on any atom is -0.497 e. The van der Waals surface area contributed by atoms with Gasteiger partial charge in [0, 0.05) is 45.2 Å². The highest BCUT2D eigenvalue weighted by Crippen LogP contribution is 2.32. The Bertz CT molecular complexity index is 1300. The third-order valence-corrected chi connectivity index (χ3v) is 10.2. The van der Waals surface area contributed by atoms with E-state index in [1.165, 1.54) is 15.6 Å². The summed E-state index contributed by atoms with van der Waals surface area (Å²) >= 11 is 1.53. The van der Waals surface area contributed by atoms with Crippen LogP contribution in [0.5, 0.6) is 5.75 Å². The zero-order valence-electron chi connectivity index (χ0n) is 21.6. The van der Waals surface area contributed by atoms with Crippen molar-refractivity contribution >= 4 is 42.6 Å². The van der Waals surface area contributed by atoms with Crippen LogP contribution in [0, 0.1) is 5.92 Å². The summed E-state index contributed by atoms with van der Waals surface area (Å²) in [4.78, 5) is 23.1. The van der Waals surface area contributed by atoms with Crippen molar-refractivity contribution in [2.45, 2.75) is 24.2 Å². The van der Waals surface area contributed by atoms with Gasteiger partial charge < -0.3 is 9.47 Å². The van der Waals surface area contributed by atoms with Crippen molar-refractivity contribution in [2.75, 3.05) is 64.5 Å². The number of thiazole rings is 1. The fourth-order valence-electron chi connectivity index (χ4n) is 5.01. The van der Waals surface area contributed by atoms with E-state index >= 15 is 0 Å². The van der Waals surface area contributed by atoms with E-state index in [-0.39, 0.29) is 16.7 Å². The molecule has 0 saturated carbocycles. The number of ether oxygens (including phenoxy) is 2. The lowest BCUT2D eigenvalue weighted by Crippen LogP contribution is -2.45. The molecule has 11 heteroatoms. The number of benzene rings is 2. The van der Waals surface area contributed by atoms with Gasteiger partial charge in [-0.2, -0.15) is 4.31 Å². The quantitative estimate of drug-likeness (QED) is 0.397. The average molecular weight is 559 g/mol. The van der Waals surface area contributed by atoms with Gasteiger partial charge in [-0.25, -0.2) is 13.4 Å². The molecule has 2 saturated heterocycles. The summed E-state index contributed by atoms with van der Waals surface area (Å²) in [6, 6.07) is 14.3. The molecule has 0 spiro atoms. The Hall–Kier alpha value is -2.57. The van der Waals surface area contributed by atoms with Crippen LogP contribution < -0.4 is 9.64 Å². The van der Waals surface area contributed by atoms with Gasteiger partial charge in [-0.1, -0.05) is 23.5 Å². The first kappa shape index (κ1) is 27.0. The van der Waals surface area contributed by atoms with E-state index in [0.29, 0.717) is 43.4 Å². The number of sulfonamides is 1. The number of nitrogens with zero attached hydrogens (tertiary/aromatic N) is 4. The second-order valence-corrected chi connectivity index (χ2v) is 12.6. The lowest BCUT2D eigenvalue weighted by Gasteiger charge is -2.33. The summed E-state index contributed by atoms with van der Waals surface area (Å²) in [5, 5.41) is 0.714. The molecule has 0 N–H and O–H groups in total. The normalized spacial score (nSPS) is 18.0. The zero-order chi connectivity index (χ0) is 26.5. The second kappa shape index (κ2) is 12.1.